The highest BCUT2D eigenvalue weighted by atomic mass is 19.4. The summed E-state index contributed by atoms with van der Waals surface area (Å²) < 4.78 is 58.4. The van der Waals surface area contributed by atoms with Crippen LogP contribution in [-0.2, 0) is 15.7 Å². The van der Waals surface area contributed by atoms with Gasteiger partial charge in [0.2, 0.25) is 6.33 Å². The van der Waals surface area contributed by atoms with Gasteiger partial charge in [-0.3, -0.25) is 4.57 Å². The van der Waals surface area contributed by atoms with Gasteiger partial charge in [-0.25, -0.2) is 13.9 Å². The van der Waals surface area contributed by atoms with Crippen LogP contribution in [-0.4, -0.2) is 33.6 Å². The van der Waals surface area contributed by atoms with E-state index in [1.54, 1.807) is 0 Å². The fraction of sp³-hybridized carbons (Fsp3) is 0.267. The van der Waals surface area contributed by atoms with Gasteiger partial charge in [0.1, 0.15) is 12.0 Å². The molecule has 0 saturated heterocycles. The fourth-order valence-corrected chi connectivity index (χ4v) is 2.15. The highest BCUT2D eigenvalue weighted by Gasteiger charge is 2.34. The van der Waals surface area contributed by atoms with E-state index in [9.17, 15) is 27.6 Å². The summed E-state index contributed by atoms with van der Waals surface area (Å²) in [5.74, 6) is -2.31. The zero-order valence-corrected chi connectivity index (χ0v) is 13.0. The quantitative estimate of drug-likeness (QED) is 0.205. The van der Waals surface area contributed by atoms with E-state index in [0.29, 0.717) is 12.1 Å². The molecule has 0 aliphatic heterocycles. The van der Waals surface area contributed by atoms with Crippen LogP contribution in [0.4, 0.5) is 23.4 Å². The van der Waals surface area contributed by atoms with Crippen LogP contribution in [0.1, 0.15) is 24.1 Å². The van der Waals surface area contributed by atoms with Gasteiger partial charge in [0, 0.05) is 5.56 Å². The van der Waals surface area contributed by atoms with Gasteiger partial charge in [0.05, 0.1) is 18.9 Å². The van der Waals surface area contributed by atoms with Crippen LogP contribution >= 0.6 is 0 Å². The van der Waals surface area contributed by atoms with Gasteiger partial charge in [-0.05, 0) is 24.0 Å². The van der Waals surface area contributed by atoms with Crippen molar-refractivity contribution >= 4 is 18.5 Å². The maximum atomic E-state index is 14.3. The van der Waals surface area contributed by atoms with Crippen molar-refractivity contribution in [1.82, 2.24) is 9.55 Å². The van der Waals surface area contributed by atoms with E-state index in [0.717, 1.165) is 23.2 Å². The van der Waals surface area contributed by atoms with Crippen LogP contribution in [0.2, 0.25) is 0 Å². The lowest BCUT2D eigenvalue weighted by molar-refractivity contribution is -0.354. The first-order valence-corrected chi connectivity index (χ1v) is 6.99. The van der Waals surface area contributed by atoms with Crippen LogP contribution in [0.5, 0.6) is 0 Å². The molecule has 0 fully saturated rings. The van der Waals surface area contributed by atoms with Gasteiger partial charge in [-0.2, -0.15) is 13.2 Å². The number of carbonyl (C=O) groups is 1. The second-order valence-corrected chi connectivity index (χ2v) is 4.95. The summed E-state index contributed by atoms with van der Waals surface area (Å²) >= 11 is 0. The molecule has 1 heterocycles. The molecule has 2 aromatic rings. The summed E-state index contributed by atoms with van der Waals surface area (Å²) in [5.41, 5.74) is -1.54. The number of benzene rings is 1. The molecular weight excluding hydrogens is 346 g/mol. The van der Waals surface area contributed by atoms with E-state index in [1.165, 1.54) is 6.92 Å². The second kappa shape index (κ2) is 6.91. The Morgan fingerprint density at radius 3 is 2.64 bits per heavy atom. The molecule has 0 bridgehead atoms. The van der Waals surface area contributed by atoms with E-state index in [4.69, 9.17) is 4.74 Å². The van der Waals surface area contributed by atoms with Crippen LogP contribution in [0.25, 0.3) is 0 Å². The van der Waals surface area contributed by atoms with Crippen molar-refractivity contribution in [3.05, 3.63) is 52.9 Å². The number of hydrogen-bond donors (Lipinski definition) is 0. The zero-order valence-electron chi connectivity index (χ0n) is 13.0. The molecule has 1 aromatic heterocycles. The molecule has 0 saturated carbocycles. The number of alkyl halides is 3. The maximum Gasteiger partial charge on any atom is 0.416 e. The minimum atomic E-state index is -4.72. The van der Waals surface area contributed by atoms with Gasteiger partial charge < -0.3 is 9.94 Å². The number of carbonyl (C=O) groups excluding carboxylic acids is 1. The largest absolute Gasteiger partial charge is 0.711 e. The Morgan fingerprint density at radius 1 is 1.48 bits per heavy atom. The average Bonchev–Trinajstić information content (AvgIpc) is 2.98. The number of rotatable bonds is 5. The lowest BCUT2D eigenvalue weighted by Crippen LogP contribution is -2.23. The fourth-order valence-electron chi connectivity index (χ4n) is 2.15. The number of aromatic nitrogens is 2. The van der Waals surface area contributed by atoms with Crippen molar-refractivity contribution in [2.45, 2.75) is 19.1 Å². The predicted octanol–water partition coefficient (Wildman–Crippen LogP) is 3.04. The molecule has 1 aromatic carbocycles. The molecule has 0 aliphatic rings. The third-order valence-electron chi connectivity index (χ3n) is 3.27. The monoisotopic (exact) mass is 359 g/mol. The van der Waals surface area contributed by atoms with E-state index >= 15 is 0 Å². The molecule has 0 aliphatic carbocycles. The highest BCUT2D eigenvalue weighted by molar-refractivity contribution is 5.78. The number of nitrogens with zero attached hydrogens (tertiary/aromatic N) is 3. The van der Waals surface area contributed by atoms with Gasteiger partial charge in [-0.1, -0.05) is 6.07 Å². The van der Waals surface area contributed by atoms with Crippen LogP contribution in [0, 0.1) is 11.0 Å². The standard InChI is InChI=1S/C15H13F4N3O3/c1-3-25-14(23)13(22-7-12(20-8-22)21(2)24)10-5-4-9(6-11(10)16)15(17,18)19/h4-8,13H,2-3H2,1H3. The van der Waals surface area contributed by atoms with Crippen LogP contribution in [0.3, 0.4) is 0 Å². The summed E-state index contributed by atoms with van der Waals surface area (Å²) in [6, 6.07) is 0.353. The Morgan fingerprint density at radius 2 is 2.16 bits per heavy atom. The molecule has 0 amide bonds. The number of imidazole rings is 1. The summed E-state index contributed by atoms with van der Waals surface area (Å²) in [6.07, 6.45) is -2.55. The Hall–Kier alpha value is -2.91. The van der Waals surface area contributed by atoms with Gasteiger partial charge in [0.15, 0.2) is 6.04 Å². The van der Waals surface area contributed by atoms with E-state index in [1.807, 2.05) is 0 Å². The molecule has 0 radical (unpaired) electrons. The lowest BCUT2D eigenvalue weighted by Gasteiger charge is -2.18. The molecule has 25 heavy (non-hydrogen) atoms. The Balaban J connectivity index is 2.52. The molecule has 2 rings (SSSR count). The maximum absolute atomic E-state index is 14.3. The number of hydrogen-bond acceptors (Lipinski definition) is 4. The normalized spacial score (nSPS) is 12.7. The summed E-state index contributed by atoms with van der Waals surface area (Å²) in [4.78, 5) is 15.9. The molecule has 0 spiro atoms. The number of esters is 1. The first-order valence-electron chi connectivity index (χ1n) is 6.99. The van der Waals surface area contributed by atoms with Crippen molar-refractivity contribution in [3.63, 3.8) is 0 Å². The van der Waals surface area contributed by atoms with Crippen molar-refractivity contribution in [2.75, 3.05) is 6.61 Å². The lowest BCUT2D eigenvalue weighted by atomic mass is 10.0. The van der Waals surface area contributed by atoms with Gasteiger partial charge in [0.25, 0.3) is 0 Å². The molecule has 134 valence electrons. The number of halogens is 4. The van der Waals surface area contributed by atoms with E-state index in [2.05, 4.69) is 11.7 Å². The molecule has 10 heteroatoms. The first kappa shape index (κ1) is 18.4. The van der Waals surface area contributed by atoms with E-state index in [-0.39, 0.29) is 22.7 Å². The first-order chi connectivity index (χ1) is 11.6. The van der Waals surface area contributed by atoms with Crippen molar-refractivity contribution in [3.8, 4) is 0 Å². The summed E-state index contributed by atoms with van der Waals surface area (Å²) in [5, 5.41) is 11.1. The SMILES string of the molecule is C=[N+]([O-])c1cn(C(C(=O)OCC)c2ccc(C(F)(F)F)cc2F)cn1. The number of ether oxygens (including phenoxy) is 1. The van der Waals surface area contributed by atoms with Crippen molar-refractivity contribution in [1.29, 1.82) is 0 Å². The predicted molar refractivity (Wildman–Crippen MR) is 78.8 cm³/mol. The zero-order chi connectivity index (χ0) is 18.8. The minimum Gasteiger partial charge on any atom is -0.711 e. The summed E-state index contributed by atoms with van der Waals surface area (Å²) in [6.45, 7) is 4.57. The molecule has 1 unspecified atom stereocenters. The van der Waals surface area contributed by atoms with Gasteiger partial charge >= 0.3 is 18.0 Å². The van der Waals surface area contributed by atoms with Crippen molar-refractivity contribution < 1.29 is 31.8 Å². The third-order valence-corrected chi connectivity index (χ3v) is 3.27. The van der Waals surface area contributed by atoms with Gasteiger partial charge in [-0.15, -0.1) is 0 Å². The topological polar surface area (TPSA) is 70.2 Å². The Bertz CT molecular complexity index is 802. The second-order valence-electron chi connectivity index (χ2n) is 4.95. The smallest absolute Gasteiger partial charge is 0.416 e. The van der Waals surface area contributed by atoms with Crippen LogP contribution < -0.4 is 0 Å². The Labute approximate surface area is 139 Å². The van der Waals surface area contributed by atoms with Crippen LogP contribution in [0.15, 0.2) is 30.7 Å². The highest BCUT2D eigenvalue weighted by Crippen LogP contribution is 2.32. The Kier molecular flexibility index (Phi) is 5.10. The average molecular weight is 359 g/mol. The third kappa shape index (κ3) is 3.95. The molecule has 6 nitrogen and oxygen atoms in total. The van der Waals surface area contributed by atoms with E-state index < -0.39 is 29.6 Å². The molecule has 1 atom stereocenters. The molecule has 0 N–H and O–H groups in total. The van der Waals surface area contributed by atoms with Crippen molar-refractivity contribution in [2.24, 2.45) is 0 Å². The summed E-state index contributed by atoms with van der Waals surface area (Å²) in [7, 11) is 0. The molecular formula is C15H13F4N3O3. The minimum absolute atomic E-state index is 0.0256.